The SMILES string of the molecule is COc1ccc(-c2coc3cc(OC4OC(CO)C(O)C(OC5OC(CO)C(O)C(O)C5O)C4O)ccc3c2=O)cc1OC. The van der Waals surface area contributed by atoms with Gasteiger partial charge in [-0.05, 0) is 29.8 Å². The first-order valence-electron chi connectivity index (χ1n) is 13.6. The van der Waals surface area contributed by atoms with Gasteiger partial charge < -0.3 is 68.6 Å². The van der Waals surface area contributed by atoms with Gasteiger partial charge >= 0.3 is 0 Å². The predicted octanol–water partition coefficient (Wildman–Crippen LogP) is -1.52. The Morgan fingerprint density at radius 2 is 1.43 bits per heavy atom. The van der Waals surface area contributed by atoms with Gasteiger partial charge in [-0.3, -0.25) is 4.79 Å². The molecule has 2 aromatic carbocycles. The van der Waals surface area contributed by atoms with Crippen LogP contribution in [0.3, 0.4) is 0 Å². The van der Waals surface area contributed by atoms with Crippen LogP contribution in [0.4, 0.5) is 0 Å². The van der Waals surface area contributed by atoms with Crippen LogP contribution in [0.1, 0.15) is 0 Å². The summed E-state index contributed by atoms with van der Waals surface area (Å²) in [6.07, 6.45) is -14.8. The summed E-state index contributed by atoms with van der Waals surface area (Å²) in [6, 6.07) is 9.27. The summed E-state index contributed by atoms with van der Waals surface area (Å²) in [7, 11) is 2.98. The Morgan fingerprint density at radius 1 is 0.750 bits per heavy atom. The summed E-state index contributed by atoms with van der Waals surface area (Å²) >= 11 is 0. The molecule has 0 radical (unpaired) electrons. The van der Waals surface area contributed by atoms with E-state index in [4.69, 9.17) is 32.8 Å². The van der Waals surface area contributed by atoms with Crippen molar-refractivity contribution in [1.82, 2.24) is 0 Å². The van der Waals surface area contributed by atoms with Gasteiger partial charge in [0.1, 0.15) is 66.4 Å². The molecular formula is C29H34O15. The van der Waals surface area contributed by atoms with Gasteiger partial charge in [0.25, 0.3) is 0 Å². The van der Waals surface area contributed by atoms with E-state index in [-0.39, 0.29) is 27.7 Å². The lowest BCUT2D eigenvalue weighted by molar-refractivity contribution is -0.352. The van der Waals surface area contributed by atoms with Crippen molar-refractivity contribution in [3.05, 3.63) is 52.9 Å². The van der Waals surface area contributed by atoms with E-state index in [1.807, 2.05) is 0 Å². The Labute approximate surface area is 249 Å². The minimum absolute atomic E-state index is 0.0863. The van der Waals surface area contributed by atoms with Crippen LogP contribution in [-0.2, 0) is 14.2 Å². The van der Waals surface area contributed by atoms with E-state index in [2.05, 4.69) is 0 Å². The maximum atomic E-state index is 13.3. The Morgan fingerprint density at radius 3 is 2.11 bits per heavy atom. The van der Waals surface area contributed by atoms with Crippen molar-refractivity contribution in [3.63, 3.8) is 0 Å². The molecule has 0 aliphatic carbocycles. The van der Waals surface area contributed by atoms with Crippen molar-refractivity contribution in [3.8, 4) is 28.4 Å². The second kappa shape index (κ2) is 13.3. The molecule has 2 aliphatic heterocycles. The minimum Gasteiger partial charge on any atom is -0.493 e. The lowest BCUT2D eigenvalue weighted by Gasteiger charge is -2.45. The molecule has 3 aromatic rings. The topological polar surface area (TPSA) is 227 Å². The summed E-state index contributed by atoms with van der Waals surface area (Å²) in [5, 5.41) is 71.6. The van der Waals surface area contributed by atoms with E-state index in [0.717, 1.165) is 0 Å². The molecule has 2 aliphatic rings. The first-order chi connectivity index (χ1) is 21.1. The molecule has 0 amide bonds. The Hall–Kier alpha value is -3.35. The zero-order chi connectivity index (χ0) is 31.7. The van der Waals surface area contributed by atoms with Gasteiger partial charge in [0.05, 0.1) is 38.4 Å². The Balaban J connectivity index is 1.37. The average molecular weight is 623 g/mol. The fourth-order valence-corrected chi connectivity index (χ4v) is 5.17. The van der Waals surface area contributed by atoms with Gasteiger partial charge in [0.15, 0.2) is 23.2 Å². The third-order valence-electron chi connectivity index (χ3n) is 7.65. The molecule has 2 saturated heterocycles. The zero-order valence-corrected chi connectivity index (χ0v) is 23.6. The molecule has 0 saturated carbocycles. The molecular weight excluding hydrogens is 588 g/mol. The number of ether oxygens (including phenoxy) is 6. The van der Waals surface area contributed by atoms with Gasteiger partial charge in [-0.15, -0.1) is 0 Å². The number of aliphatic hydroxyl groups is 7. The van der Waals surface area contributed by atoms with Crippen LogP contribution in [0.2, 0.25) is 0 Å². The molecule has 1 aromatic heterocycles. The number of fused-ring (bicyclic) bond motifs is 1. The zero-order valence-electron chi connectivity index (χ0n) is 23.6. The van der Waals surface area contributed by atoms with Crippen LogP contribution in [0, 0.1) is 0 Å². The van der Waals surface area contributed by atoms with Crippen LogP contribution >= 0.6 is 0 Å². The third-order valence-corrected chi connectivity index (χ3v) is 7.65. The molecule has 15 nitrogen and oxygen atoms in total. The smallest absolute Gasteiger partial charge is 0.229 e. The van der Waals surface area contributed by atoms with Gasteiger partial charge in [-0.1, -0.05) is 6.07 Å². The monoisotopic (exact) mass is 622 g/mol. The molecule has 44 heavy (non-hydrogen) atoms. The number of rotatable bonds is 9. The van der Waals surface area contributed by atoms with Crippen molar-refractivity contribution in [2.24, 2.45) is 0 Å². The Kier molecular flexibility index (Phi) is 9.71. The number of aliphatic hydroxyl groups excluding tert-OH is 7. The van der Waals surface area contributed by atoms with E-state index in [0.29, 0.717) is 17.1 Å². The number of hydrogen-bond acceptors (Lipinski definition) is 15. The molecule has 240 valence electrons. The molecule has 10 atom stereocenters. The first kappa shape index (κ1) is 32.1. The number of methoxy groups -OCH3 is 2. The quantitative estimate of drug-likeness (QED) is 0.144. The fourth-order valence-electron chi connectivity index (χ4n) is 5.17. The lowest BCUT2D eigenvalue weighted by Crippen LogP contribution is -2.65. The summed E-state index contributed by atoms with van der Waals surface area (Å²) in [5.74, 6) is 1.01. The van der Waals surface area contributed by atoms with Gasteiger partial charge in [0, 0.05) is 6.07 Å². The van der Waals surface area contributed by atoms with E-state index in [9.17, 15) is 40.5 Å². The highest BCUT2D eigenvalue weighted by Gasteiger charge is 2.51. The summed E-state index contributed by atoms with van der Waals surface area (Å²) in [5.41, 5.74) is 0.618. The van der Waals surface area contributed by atoms with Crippen LogP contribution in [0.5, 0.6) is 17.2 Å². The highest BCUT2D eigenvalue weighted by molar-refractivity contribution is 5.83. The number of hydrogen-bond donors (Lipinski definition) is 7. The summed E-state index contributed by atoms with van der Waals surface area (Å²) in [4.78, 5) is 13.3. The maximum Gasteiger partial charge on any atom is 0.229 e. The molecule has 0 spiro atoms. The number of benzene rings is 2. The fraction of sp³-hybridized carbons (Fsp3) is 0.483. The van der Waals surface area contributed by atoms with E-state index in [1.54, 1.807) is 18.2 Å². The normalized spacial score (nSPS) is 32.4. The van der Waals surface area contributed by atoms with E-state index >= 15 is 0 Å². The van der Waals surface area contributed by atoms with Gasteiger partial charge in [-0.2, -0.15) is 0 Å². The molecule has 10 unspecified atom stereocenters. The van der Waals surface area contributed by atoms with Crippen molar-refractivity contribution in [2.45, 2.75) is 61.4 Å². The predicted molar refractivity (Wildman–Crippen MR) is 148 cm³/mol. The standard InChI is InChI=1S/C29H34O15/c1-38-16-6-3-12(7-18(16)39-2)15-11-40-17-8-13(4-5-14(17)21(15)32)41-29-26(37)27(23(34)20(10-31)43-29)44-28-25(36)24(35)22(33)19(9-30)42-28/h3-8,11,19-20,22-31,33-37H,9-10H2,1-2H3. The summed E-state index contributed by atoms with van der Waals surface area (Å²) < 4.78 is 38.5. The molecule has 7 N–H and O–H groups in total. The lowest BCUT2D eigenvalue weighted by atomic mass is 9.97. The summed E-state index contributed by atoms with van der Waals surface area (Å²) in [6.45, 7) is -1.43. The minimum atomic E-state index is -1.81. The van der Waals surface area contributed by atoms with Crippen LogP contribution in [0.15, 0.2) is 51.9 Å². The van der Waals surface area contributed by atoms with Crippen molar-refractivity contribution in [2.75, 3.05) is 27.4 Å². The molecule has 3 heterocycles. The molecule has 0 bridgehead atoms. The molecule has 15 heteroatoms. The Bertz CT molecular complexity index is 1490. The van der Waals surface area contributed by atoms with Crippen LogP contribution in [0.25, 0.3) is 22.1 Å². The van der Waals surface area contributed by atoms with Crippen LogP contribution < -0.4 is 19.6 Å². The van der Waals surface area contributed by atoms with Gasteiger partial charge in [0.2, 0.25) is 6.29 Å². The highest BCUT2D eigenvalue weighted by atomic mass is 16.7. The van der Waals surface area contributed by atoms with E-state index < -0.39 is 74.6 Å². The maximum absolute atomic E-state index is 13.3. The molecule has 5 rings (SSSR count). The average Bonchev–Trinajstić information content (AvgIpc) is 3.04. The van der Waals surface area contributed by atoms with Crippen molar-refractivity contribution < 1.29 is 68.6 Å². The van der Waals surface area contributed by atoms with Crippen molar-refractivity contribution >= 4 is 11.0 Å². The largest absolute Gasteiger partial charge is 0.493 e. The van der Waals surface area contributed by atoms with Gasteiger partial charge in [-0.25, -0.2) is 0 Å². The third kappa shape index (κ3) is 5.99. The highest BCUT2D eigenvalue weighted by Crippen LogP contribution is 2.33. The van der Waals surface area contributed by atoms with E-state index in [1.165, 1.54) is 38.7 Å². The molecule has 2 fully saturated rings. The van der Waals surface area contributed by atoms with Crippen molar-refractivity contribution in [1.29, 1.82) is 0 Å². The first-order valence-corrected chi connectivity index (χ1v) is 13.6. The second-order valence-electron chi connectivity index (χ2n) is 10.3. The second-order valence-corrected chi connectivity index (χ2v) is 10.3. The van der Waals surface area contributed by atoms with Crippen LogP contribution in [-0.4, -0.2) is 125 Å².